The molecule has 19 aromatic rings. The highest BCUT2D eigenvalue weighted by molar-refractivity contribution is 7.01. The third kappa shape index (κ3) is 11.2. The van der Waals surface area contributed by atoms with Gasteiger partial charge in [0.2, 0.25) is 0 Å². The Morgan fingerprint density at radius 2 is 0.475 bits per heavy atom. The predicted octanol–water partition coefficient (Wildman–Crippen LogP) is 25.0. The fourth-order valence-corrected chi connectivity index (χ4v) is 19.3. The van der Waals surface area contributed by atoms with Gasteiger partial charge in [-0.1, -0.05) is 243 Å². The normalized spacial score (nSPS) is 12.6. The van der Waals surface area contributed by atoms with Crippen molar-refractivity contribution in [3.8, 4) is 16.8 Å². The molecule has 4 aliphatic heterocycles. The van der Waals surface area contributed by atoms with Crippen molar-refractivity contribution >= 4 is 187 Å². The molecule has 0 unspecified atom stereocenters. The van der Waals surface area contributed by atoms with Gasteiger partial charge in [0.25, 0.3) is 13.4 Å². The first-order valence-electron chi connectivity index (χ1n) is 40.6. The van der Waals surface area contributed by atoms with Gasteiger partial charge < -0.3 is 38.9 Å². The summed E-state index contributed by atoms with van der Waals surface area (Å²) in [6.07, 6.45) is 0. The summed E-state index contributed by atoms with van der Waals surface area (Å²) >= 11 is 0. The number of hydrogen-bond acceptors (Lipinski definition) is 7. The smallest absolute Gasteiger partial charge is 0.252 e. The molecule has 0 saturated carbocycles. The van der Waals surface area contributed by atoms with E-state index in [1.807, 2.05) is 0 Å². The number of benzene rings is 18. The highest BCUT2D eigenvalue weighted by atomic mass is 15.2. The van der Waals surface area contributed by atoms with Crippen molar-refractivity contribution in [2.45, 2.75) is 0 Å². The van der Waals surface area contributed by atoms with Gasteiger partial charge in [0.1, 0.15) is 0 Å². The summed E-state index contributed by atoms with van der Waals surface area (Å²) in [4.78, 5) is 17.2. The van der Waals surface area contributed by atoms with Crippen molar-refractivity contribution in [1.82, 2.24) is 4.57 Å². The van der Waals surface area contributed by atoms with Gasteiger partial charge in [-0.05, 0) is 250 Å². The van der Waals surface area contributed by atoms with Crippen LogP contribution in [0, 0.1) is 0 Å². The Morgan fingerprint density at radius 1 is 0.169 bits per heavy atom. The van der Waals surface area contributed by atoms with E-state index in [1.165, 1.54) is 54.6 Å². The van der Waals surface area contributed by atoms with E-state index in [9.17, 15) is 0 Å². The van der Waals surface area contributed by atoms with Gasteiger partial charge >= 0.3 is 0 Å². The Hall–Kier alpha value is -15.5. The summed E-state index contributed by atoms with van der Waals surface area (Å²) in [5.74, 6) is 0. The third-order valence-corrected chi connectivity index (χ3v) is 24.2. The van der Waals surface area contributed by atoms with Gasteiger partial charge in [-0.15, -0.1) is 0 Å². The maximum Gasteiger partial charge on any atom is 0.252 e. The number of anilines is 21. The molecule has 0 N–H and O–H groups in total. The molecule has 0 atom stereocenters. The molecule has 1 aromatic heterocycles. The van der Waals surface area contributed by atoms with Crippen molar-refractivity contribution in [3.05, 3.63) is 449 Å². The van der Waals surface area contributed by atoms with Gasteiger partial charge in [-0.25, -0.2) is 0 Å². The minimum Gasteiger partial charge on any atom is -0.311 e. The van der Waals surface area contributed by atoms with Gasteiger partial charge in [-0.3, -0.25) is 0 Å². The Morgan fingerprint density at radius 3 is 0.873 bits per heavy atom. The van der Waals surface area contributed by atoms with Crippen LogP contribution in [0.4, 0.5) is 119 Å². The van der Waals surface area contributed by atoms with Crippen molar-refractivity contribution in [2.24, 2.45) is 0 Å². The second kappa shape index (κ2) is 28.2. The molecular formula is C108H74B2N8. The fourth-order valence-electron chi connectivity index (χ4n) is 19.3. The molecule has 18 aromatic carbocycles. The number of aromatic nitrogens is 1. The highest BCUT2D eigenvalue weighted by Gasteiger charge is 2.46. The van der Waals surface area contributed by atoms with Crippen LogP contribution in [0.2, 0.25) is 0 Å². The molecule has 10 heteroatoms. The number of hydrogen-bond donors (Lipinski definition) is 0. The van der Waals surface area contributed by atoms with E-state index in [1.54, 1.807) is 0 Å². The summed E-state index contributed by atoms with van der Waals surface area (Å²) in [6.45, 7) is -0.252. The first-order chi connectivity index (χ1) is 58.6. The molecule has 5 heterocycles. The molecule has 0 spiro atoms. The summed E-state index contributed by atoms with van der Waals surface area (Å²) in [5, 5.41) is 2.45. The van der Waals surface area contributed by atoms with Crippen LogP contribution in [0.15, 0.2) is 449 Å². The number of fused-ring (bicyclic) bond motifs is 11. The van der Waals surface area contributed by atoms with E-state index >= 15 is 0 Å². The van der Waals surface area contributed by atoms with Crippen LogP contribution in [0.3, 0.4) is 0 Å². The van der Waals surface area contributed by atoms with Gasteiger partial charge in [-0.2, -0.15) is 0 Å². The Bertz CT molecular complexity index is 6950. The second-order valence-corrected chi connectivity index (χ2v) is 30.8. The summed E-state index contributed by atoms with van der Waals surface area (Å²) < 4.78 is 2.44. The number of nitrogens with zero attached hydrogens (tertiary/aromatic N) is 8. The topological polar surface area (TPSA) is 27.6 Å². The van der Waals surface area contributed by atoms with Crippen LogP contribution in [0.25, 0.3) is 38.6 Å². The molecule has 0 aliphatic carbocycles. The van der Waals surface area contributed by atoms with E-state index in [2.05, 4.69) is 488 Å². The first kappa shape index (κ1) is 68.1. The molecule has 0 radical (unpaired) electrons. The minimum atomic E-state index is -0.135. The van der Waals surface area contributed by atoms with Crippen LogP contribution in [0.5, 0.6) is 0 Å². The molecule has 4 aliphatic rings. The van der Waals surface area contributed by atoms with E-state index in [0.29, 0.717) is 0 Å². The maximum atomic E-state index is 2.54. The largest absolute Gasteiger partial charge is 0.311 e. The number of para-hydroxylation sites is 10. The lowest BCUT2D eigenvalue weighted by Gasteiger charge is -2.44. The van der Waals surface area contributed by atoms with Crippen LogP contribution in [0.1, 0.15) is 0 Å². The van der Waals surface area contributed by atoms with E-state index in [-0.39, 0.29) is 13.4 Å². The fraction of sp³-hybridized carbons (Fsp3) is 0. The molecule has 552 valence electrons. The second-order valence-electron chi connectivity index (χ2n) is 30.8. The average molecular weight is 1510 g/mol. The van der Waals surface area contributed by atoms with Crippen LogP contribution < -0.4 is 67.1 Å². The monoisotopic (exact) mass is 1500 g/mol. The van der Waals surface area contributed by atoms with Gasteiger partial charge in [0.05, 0.1) is 11.0 Å². The van der Waals surface area contributed by atoms with Crippen molar-refractivity contribution < 1.29 is 0 Å². The lowest BCUT2D eigenvalue weighted by Crippen LogP contribution is -2.61. The zero-order valence-electron chi connectivity index (χ0n) is 64.5. The molecule has 0 saturated heterocycles. The SMILES string of the molecule is c1ccc(N(c2ccccc2)c2ccc3c(c2)N(c2ccccc2)c2cccc4c2B3c2ccc(N(c3ccccc3)c3ccccc3)cc2N4c2cccc(-c3ccc(N(c4ccccc4)c4ccc5c(c4)N(c4ccccc4)c4cccc6c4B5c4cc5c7ccccc7n(-c7ccccc7)c5cc4N6c4ccccc4)cc3)c2)cc1. The van der Waals surface area contributed by atoms with Crippen molar-refractivity contribution in [2.75, 3.05) is 34.3 Å². The van der Waals surface area contributed by atoms with Crippen LogP contribution in [-0.4, -0.2) is 18.0 Å². The number of rotatable bonds is 15. The maximum absolute atomic E-state index is 2.54. The first-order valence-corrected chi connectivity index (χ1v) is 40.6. The third-order valence-electron chi connectivity index (χ3n) is 24.2. The lowest BCUT2D eigenvalue weighted by atomic mass is 9.33. The zero-order chi connectivity index (χ0) is 77.7. The minimum absolute atomic E-state index is 0.118. The Labute approximate surface area is 687 Å². The zero-order valence-corrected chi connectivity index (χ0v) is 64.5. The summed E-state index contributed by atoms with van der Waals surface area (Å²) in [6, 6.07) is 165. The standard InChI is InChI=1S/C108H74B2N8/c1-10-34-77(35-11-1)111(78-36-12-2-13-37-78)88-63-66-93-103(70-88)115(83-46-22-7-23-47-83)98-55-32-58-101-107(98)109(93)94-67-64-89(112(79-38-14-3-15-39-79)80-40-16-4-17-41-80)72-105(94)118(101)87-52-30-33-76(69-87)75-59-61-86(62-60-75)113(81-42-18-5-19-43-81)90-65-68-95-104(71-90)116(84-48-24-8-25-49-84)99-56-31-57-100-108(99)110(95)96-73-92-91-53-28-29-54-97(91)114(82-44-20-6-21-45-82)102(92)74-106(96)117(100)85-50-26-9-27-51-85/h1-74H. The predicted molar refractivity (Wildman–Crippen MR) is 498 cm³/mol. The molecule has 118 heavy (non-hydrogen) atoms. The van der Waals surface area contributed by atoms with Crippen LogP contribution in [-0.2, 0) is 0 Å². The van der Waals surface area contributed by atoms with Gasteiger partial charge in [0, 0.05) is 136 Å². The molecule has 8 nitrogen and oxygen atoms in total. The highest BCUT2D eigenvalue weighted by Crippen LogP contribution is 2.52. The van der Waals surface area contributed by atoms with E-state index < -0.39 is 0 Å². The summed E-state index contributed by atoms with van der Waals surface area (Å²) in [7, 11) is 0. The van der Waals surface area contributed by atoms with Crippen molar-refractivity contribution in [1.29, 1.82) is 0 Å². The quantitative estimate of drug-likeness (QED) is 0.0945. The molecule has 23 rings (SSSR count). The molecular weight excluding hydrogens is 1430 g/mol. The van der Waals surface area contributed by atoms with E-state index in [0.717, 1.165) is 136 Å². The Kier molecular flexibility index (Phi) is 16.3. The lowest BCUT2D eigenvalue weighted by molar-refractivity contribution is 1.18. The molecule has 0 bridgehead atoms. The molecule has 0 amide bonds. The molecule has 0 fully saturated rings. The van der Waals surface area contributed by atoms with Crippen molar-refractivity contribution in [3.63, 3.8) is 0 Å². The summed E-state index contributed by atoms with van der Waals surface area (Å²) in [5.41, 5.74) is 36.2. The Balaban J connectivity index is 0.667. The van der Waals surface area contributed by atoms with Crippen LogP contribution >= 0.6 is 0 Å². The van der Waals surface area contributed by atoms with E-state index in [4.69, 9.17) is 0 Å². The van der Waals surface area contributed by atoms with Gasteiger partial charge in [0.15, 0.2) is 0 Å². The average Bonchev–Trinajstić information content (AvgIpc) is 1.23.